The van der Waals surface area contributed by atoms with Gasteiger partial charge in [0.1, 0.15) is 5.82 Å². The van der Waals surface area contributed by atoms with Crippen LogP contribution >= 0.6 is 0 Å². The van der Waals surface area contributed by atoms with Gasteiger partial charge in [0.2, 0.25) is 0 Å². The van der Waals surface area contributed by atoms with Crippen molar-refractivity contribution in [2.75, 3.05) is 0 Å². The second kappa shape index (κ2) is 7.79. The van der Waals surface area contributed by atoms with Crippen molar-refractivity contribution in [1.82, 2.24) is 14.5 Å². The van der Waals surface area contributed by atoms with E-state index in [9.17, 15) is 4.79 Å². The second-order valence-electron chi connectivity index (χ2n) is 6.30. The summed E-state index contributed by atoms with van der Waals surface area (Å²) in [6.45, 7) is 0.577. The number of aryl methyl sites for hydroxylation is 1. The summed E-state index contributed by atoms with van der Waals surface area (Å²) in [5.41, 5.74) is 2.86. The number of benzene rings is 2. The molecule has 4 nitrogen and oxygen atoms in total. The smallest absolute Gasteiger partial charge is 0.261 e. The third-order valence-corrected chi connectivity index (χ3v) is 4.47. The minimum atomic E-state index is -0.0117. The summed E-state index contributed by atoms with van der Waals surface area (Å²) in [6, 6.07) is 21.5. The van der Waals surface area contributed by atoms with Crippen LogP contribution in [0.4, 0.5) is 0 Å². The molecule has 4 aromatic rings. The molecule has 0 unspecified atom stereocenters. The van der Waals surface area contributed by atoms with E-state index >= 15 is 0 Å². The molecule has 4 heteroatoms. The minimum Gasteiger partial charge on any atom is -0.292 e. The first kappa shape index (κ1) is 16.9. The van der Waals surface area contributed by atoms with Gasteiger partial charge >= 0.3 is 0 Å². The maximum absolute atomic E-state index is 13.1. The van der Waals surface area contributed by atoms with Crippen LogP contribution < -0.4 is 5.56 Å². The monoisotopic (exact) mass is 353 g/mol. The van der Waals surface area contributed by atoms with Crippen molar-refractivity contribution in [2.24, 2.45) is 0 Å². The highest BCUT2D eigenvalue weighted by atomic mass is 16.1. The average molecular weight is 353 g/mol. The largest absolute Gasteiger partial charge is 0.292 e. The summed E-state index contributed by atoms with van der Waals surface area (Å²) in [5, 5.41) is 0.643. The van der Waals surface area contributed by atoms with Crippen LogP contribution in [-0.2, 0) is 13.0 Å². The van der Waals surface area contributed by atoms with Gasteiger partial charge < -0.3 is 0 Å². The van der Waals surface area contributed by atoms with Crippen LogP contribution in [0.3, 0.4) is 0 Å². The number of fused-ring (bicyclic) bond motifs is 1. The third kappa shape index (κ3) is 3.85. The summed E-state index contributed by atoms with van der Waals surface area (Å²) in [5.74, 6) is 0.651. The summed E-state index contributed by atoms with van der Waals surface area (Å²) in [4.78, 5) is 21.9. The fourth-order valence-corrected chi connectivity index (χ4v) is 3.06. The fourth-order valence-electron chi connectivity index (χ4n) is 3.06. The van der Waals surface area contributed by atoms with Crippen molar-refractivity contribution in [3.05, 3.63) is 106 Å². The van der Waals surface area contributed by atoms with Crippen LogP contribution in [0.25, 0.3) is 23.1 Å². The van der Waals surface area contributed by atoms with E-state index in [1.165, 1.54) is 5.56 Å². The predicted molar refractivity (Wildman–Crippen MR) is 109 cm³/mol. The van der Waals surface area contributed by atoms with Gasteiger partial charge in [-0.2, -0.15) is 0 Å². The Morgan fingerprint density at radius 3 is 2.52 bits per heavy atom. The third-order valence-electron chi connectivity index (χ3n) is 4.47. The highest BCUT2D eigenvalue weighted by Crippen LogP contribution is 2.12. The average Bonchev–Trinajstić information content (AvgIpc) is 2.73. The van der Waals surface area contributed by atoms with Gasteiger partial charge in [-0.3, -0.25) is 14.3 Å². The van der Waals surface area contributed by atoms with Crippen molar-refractivity contribution in [3.8, 4) is 0 Å². The van der Waals surface area contributed by atoms with E-state index in [1.54, 1.807) is 17.0 Å². The molecule has 0 aliphatic rings. The van der Waals surface area contributed by atoms with Crippen molar-refractivity contribution in [1.29, 1.82) is 0 Å². The van der Waals surface area contributed by atoms with Crippen molar-refractivity contribution in [2.45, 2.75) is 13.0 Å². The van der Waals surface area contributed by atoms with Gasteiger partial charge in [-0.1, -0.05) is 48.5 Å². The van der Waals surface area contributed by atoms with E-state index in [0.717, 1.165) is 12.0 Å². The normalized spacial score (nSPS) is 11.3. The first-order valence-corrected chi connectivity index (χ1v) is 8.93. The van der Waals surface area contributed by atoms with Crippen molar-refractivity contribution < 1.29 is 0 Å². The van der Waals surface area contributed by atoms with Crippen molar-refractivity contribution in [3.63, 3.8) is 0 Å². The molecule has 2 heterocycles. The topological polar surface area (TPSA) is 47.8 Å². The van der Waals surface area contributed by atoms with Gasteiger partial charge in [0, 0.05) is 18.9 Å². The lowest BCUT2D eigenvalue weighted by molar-refractivity contribution is 0.655. The van der Waals surface area contributed by atoms with Gasteiger partial charge in [-0.25, -0.2) is 4.98 Å². The predicted octanol–water partition coefficient (Wildman–Crippen LogP) is 4.20. The van der Waals surface area contributed by atoms with Crippen LogP contribution in [-0.4, -0.2) is 14.5 Å². The van der Waals surface area contributed by atoms with E-state index in [1.807, 2.05) is 66.7 Å². The Bertz CT molecular complexity index is 1130. The highest BCUT2D eigenvalue weighted by Gasteiger charge is 2.09. The number of aromatic nitrogens is 3. The maximum atomic E-state index is 13.1. The van der Waals surface area contributed by atoms with Crippen LogP contribution in [0.1, 0.15) is 17.0 Å². The molecule has 2 aromatic carbocycles. The van der Waals surface area contributed by atoms with E-state index in [-0.39, 0.29) is 5.56 Å². The van der Waals surface area contributed by atoms with Gasteiger partial charge in [0.05, 0.1) is 10.9 Å². The Morgan fingerprint density at radius 2 is 1.70 bits per heavy atom. The number of hydrogen-bond donors (Lipinski definition) is 0. The molecule has 0 saturated heterocycles. The zero-order valence-corrected chi connectivity index (χ0v) is 14.8. The lowest BCUT2D eigenvalue weighted by Gasteiger charge is -2.11. The van der Waals surface area contributed by atoms with Crippen LogP contribution in [0.2, 0.25) is 0 Å². The Morgan fingerprint density at radius 1 is 0.889 bits per heavy atom. The van der Waals surface area contributed by atoms with E-state index in [4.69, 9.17) is 4.98 Å². The van der Waals surface area contributed by atoms with Crippen LogP contribution in [0.5, 0.6) is 0 Å². The molecule has 27 heavy (non-hydrogen) atoms. The molecule has 0 atom stereocenters. The number of hydrogen-bond acceptors (Lipinski definition) is 3. The summed E-state index contributed by atoms with van der Waals surface area (Å²) >= 11 is 0. The lowest BCUT2D eigenvalue weighted by atomic mass is 10.1. The standard InChI is InChI=1S/C23H19N3O/c27-23-20-10-4-5-11-21(20)25-22(13-12-19-9-6-15-24-17-19)26(23)16-14-18-7-2-1-3-8-18/h1-13,15,17H,14,16H2. The number of nitrogens with zero attached hydrogens (tertiary/aromatic N) is 3. The van der Waals surface area contributed by atoms with E-state index in [0.29, 0.717) is 23.3 Å². The maximum Gasteiger partial charge on any atom is 0.261 e. The van der Waals surface area contributed by atoms with Gasteiger partial charge in [0.15, 0.2) is 0 Å². The van der Waals surface area contributed by atoms with Gasteiger partial charge in [0.25, 0.3) is 5.56 Å². The molecule has 0 radical (unpaired) electrons. The SMILES string of the molecule is O=c1c2ccccc2nc(C=Cc2cccnc2)n1CCc1ccccc1. The summed E-state index contributed by atoms with van der Waals surface area (Å²) in [6.07, 6.45) is 8.11. The summed E-state index contributed by atoms with van der Waals surface area (Å²) < 4.78 is 1.75. The van der Waals surface area contributed by atoms with Gasteiger partial charge in [-0.05, 0) is 47.9 Å². The molecule has 0 fully saturated rings. The second-order valence-corrected chi connectivity index (χ2v) is 6.30. The van der Waals surface area contributed by atoms with E-state index in [2.05, 4.69) is 17.1 Å². The molecular weight excluding hydrogens is 334 g/mol. The molecule has 0 aliphatic carbocycles. The Balaban J connectivity index is 1.75. The van der Waals surface area contributed by atoms with Crippen LogP contribution in [0, 0.1) is 0 Å². The molecule has 0 bridgehead atoms. The zero-order valence-electron chi connectivity index (χ0n) is 14.8. The fraction of sp³-hybridized carbons (Fsp3) is 0.0870. The Labute approximate surface area is 157 Å². The first-order valence-electron chi connectivity index (χ1n) is 8.93. The van der Waals surface area contributed by atoms with Crippen molar-refractivity contribution >= 4 is 23.1 Å². The molecular formula is C23H19N3O. The molecule has 0 saturated carbocycles. The molecule has 2 aromatic heterocycles. The Hall–Kier alpha value is -3.53. The minimum absolute atomic E-state index is 0.0117. The van der Waals surface area contributed by atoms with E-state index < -0.39 is 0 Å². The Kier molecular flexibility index (Phi) is 4.88. The highest BCUT2D eigenvalue weighted by molar-refractivity contribution is 5.79. The molecule has 0 spiro atoms. The summed E-state index contributed by atoms with van der Waals surface area (Å²) in [7, 11) is 0. The number of rotatable bonds is 5. The lowest BCUT2D eigenvalue weighted by Crippen LogP contribution is -2.24. The zero-order chi connectivity index (χ0) is 18.5. The van der Waals surface area contributed by atoms with Gasteiger partial charge in [-0.15, -0.1) is 0 Å². The molecule has 0 aliphatic heterocycles. The number of pyridine rings is 1. The van der Waals surface area contributed by atoms with Crippen LogP contribution in [0.15, 0.2) is 83.9 Å². The number of para-hydroxylation sites is 1. The molecule has 4 rings (SSSR count). The molecule has 0 amide bonds. The first-order chi connectivity index (χ1) is 13.3. The quantitative estimate of drug-likeness (QED) is 0.540. The molecule has 0 N–H and O–H groups in total. The molecule has 132 valence electrons.